The summed E-state index contributed by atoms with van der Waals surface area (Å²) in [5.74, 6) is -2.27. The Balaban J connectivity index is 1.89. The fourth-order valence-electron chi connectivity index (χ4n) is 2.22. The molecule has 0 spiro atoms. The first-order valence-corrected chi connectivity index (χ1v) is 7.81. The van der Waals surface area contributed by atoms with Crippen LogP contribution in [-0.4, -0.2) is 12.6 Å². The van der Waals surface area contributed by atoms with Crippen LogP contribution < -0.4 is 15.4 Å². The molecule has 2 aromatic carbocycles. The van der Waals surface area contributed by atoms with E-state index in [1.165, 1.54) is 18.2 Å². The average molecular weight is 352 g/mol. The van der Waals surface area contributed by atoms with Crippen molar-refractivity contribution in [2.75, 3.05) is 6.61 Å². The minimum absolute atomic E-state index is 0.111. The van der Waals surface area contributed by atoms with Gasteiger partial charge in [0.05, 0.1) is 12.6 Å². The Kier molecular flexibility index (Phi) is 6.27. The van der Waals surface area contributed by atoms with E-state index in [2.05, 4.69) is 10.6 Å². The van der Waals surface area contributed by atoms with Crippen molar-refractivity contribution in [3.8, 4) is 5.75 Å². The van der Waals surface area contributed by atoms with Crippen molar-refractivity contribution < 1.29 is 22.7 Å². The van der Waals surface area contributed by atoms with Crippen LogP contribution in [0, 0.1) is 17.5 Å². The monoisotopic (exact) mass is 352 g/mol. The van der Waals surface area contributed by atoms with Crippen molar-refractivity contribution in [1.82, 2.24) is 10.6 Å². The number of amides is 2. The molecule has 0 bridgehead atoms. The van der Waals surface area contributed by atoms with Crippen molar-refractivity contribution in [3.05, 3.63) is 65.0 Å². The van der Waals surface area contributed by atoms with Gasteiger partial charge in [-0.3, -0.25) is 0 Å². The molecular weight excluding hydrogens is 333 g/mol. The highest BCUT2D eigenvalue weighted by Gasteiger charge is 2.12. The van der Waals surface area contributed by atoms with Gasteiger partial charge in [-0.05, 0) is 49.2 Å². The highest BCUT2D eigenvalue weighted by Crippen LogP contribution is 2.18. The Bertz CT molecular complexity index is 753. The predicted octanol–water partition coefficient (Wildman–Crippen LogP) is 4.06. The number of carbonyl (C=O) groups excluding carboxylic acids is 1. The van der Waals surface area contributed by atoms with E-state index in [0.29, 0.717) is 17.7 Å². The zero-order valence-electron chi connectivity index (χ0n) is 13.9. The Morgan fingerprint density at radius 1 is 1.08 bits per heavy atom. The molecule has 1 atom stereocenters. The maximum absolute atomic E-state index is 13.7. The van der Waals surface area contributed by atoms with Crippen LogP contribution in [0.2, 0.25) is 0 Å². The summed E-state index contributed by atoms with van der Waals surface area (Å²) in [5.41, 5.74) is 0.998. The summed E-state index contributed by atoms with van der Waals surface area (Å²) in [5, 5.41) is 5.18. The third-order valence-corrected chi connectivity index (χ3v) is 3.54. The van der Waals surface area contributed by atoms with E-state index in [9.17, 15) is 18.0 Å². The summed E-state index contributed by atoms with van der Waals surface area (Å²) in [6.45, 7) is 3.87. The van der Waals surface area contributed by atoms with Crippen LogP contribution in [0.4, 0.5) is 18.0 Å². The molecule has 0 aliphatic carbocycles. The lowest BCUT2D eigenvalue weighted by atomic mass is 10.1. The molecule has 2 N–H and O–H groups in total. The van der Waals surface area contributed by atoms with E-state index in [1.807, 2.05) is 0 Å². The standard InChI is InChI=1S/C18H19F3N2O2/c1-3-25-17-7-4-12(8-16(17)21)10-22-18(24)23-11(2)13-5-6-14(19)15(20)9-13/h4-9,11H,3,10H2,1-2H3,(H2,22,23,24). The predicted molar refractivity (Wildman–Crippen MR) is 87.7 cm³/mol. The van der Waals surface area contributed by atoms with Crippen molar-refractivity contribution >= 4 is 6.03 Å². The highest BCUT2D eigenvalue weighted by molar-refractivity contribution is 5.74. The molecule has 0 fully saturated rings. The van der Waals surface area contributed by atoms with E-state index >= 15 is 0 Å². The van der Waals surface area contributed by atoms with Gasteiger partial charge >= 0.3 is 6.03 Å². The molecule has 0 radical (unpaired) electrons. The lowest BCUT2D eigenvalue weighted by Gasteiger charge is -2.15. The van der Waals surface area contributed by atoms with Gasteiger partial charge in [0, 0.05) is 6.54 Å². The van der Waals surface area contributed by atoms with Gasteiger partial charge in [0.2, 0.25) is 0 Å². The van der Waals surface area contributed by atoms with E-state index < -0.39 is 29.5 Å². The fraction of sp³-hybridized carbons (Fsp3) is 0.278. The third kappa shape index (κ3) is 5.14. The molecule has 7 heteroatoms. The van der Waals surface area contributed by atoms with Crippen molar-refractivity contribution in [2.45, 2.75) is 26.4 Å². The smallest absolute Gasteiger partial charge is 0.315 e. The minimum Gasteiger partial charge on any atom is -0.491 e. The summed E-state index contributed by atoms with van der Waals surface area (Å²) in [4.78, 5) is 11.9. The summed E-state index contributed by atoms with van der Waals surface area (Å²) in [6, 6.07) is 6.82. The first kappa shape index (κ1) is 18.6. The van der Waals surface area contributed by atoms with Gasteiger partial charge < -0.3 is 15.4 Å². The first-order chi connectivity index (χ1) is 11.9. The van der Waals surface area contributed by atoms with Crippen molar-refractivity contribution in [1.29, 1.82) is 0 Å². The Labute approximate surface area is 144 Å². The average Bonchev–Trinajstić information content (AvgIpc) is 2.57. The number of hydrogen-bond acceptors (Lipinski definition) is 2. The van der Waals surface area contributed by atoms with E-state index in [-0.39, 0.29) is 12.3 Å². The molecule has 0 aliphatic heterocycles. The van der Waals surface area contributed by atoms with Crippen LogP contribution in [0.15, 0.2) is 36.4 Å². The zero-order valence-corrected chi connectivity index (χ0v) is 13.9. The molecule has 0 aromatic heterocycles. The van der Waals surface area contributed by atoms with Gasteiger partial charge in [0.1, 0.15) is 0 Å². The second-order valence-electron chi connectivity index (χ2n) is 5.42. The van der Waals surface area contributed by atoms with Gasteiger partial charge in [0.25, 0.3) is 0 Å². The lowest BCUT2D eigenvalue weighted by molar-refractivity contribution is 0.237. The van der Waals surface area contributed by atoms with Gasteiger partial charge in [-0.15, -0.1) is 0 Å². The Hall–Kier alpha value is -2.70. The van der Waals surface area contributed by atoms with Crippen LogP contribution >= 0.6 is 0 Å². The van der Waals surface area contributed by atoms with Crippen LogP contribution in [-0.2, 0) is 6.54 Å². The lowest BCUT2D eigenvalue weighted by Crippen LogP contribution is -2.36. The summed E-state index contributed by atoms with van der Waals surface area (Å²) in [7, 11) is 0. The third-order valence-electron chi connectivity index (χ3n) is 3.54. The fourth-order valence-corrected chi connectivity index (χ4v) is 2.22. The van der Waals surface area contributed by atoms with E-state index in [1.54, 1.807) is 19.9 Å². The number of ether oxygens (including phenoxy) is 1. The quantitative estimate of drug-likeness (QED) is 0.824. The molecule has 0 aliphatic rings. The van der Waals surface area contributed by atoms with Gasteiger partial charge in [-0.25, -0.2) is 18.0 Å². The second-order valence-corrected chi connectivity index (χ2v) is 5.42. The molecular formula is C18H19F3N2O2. The van der Waals surface area contributed by atoms with Crippen LogP contribution in [0.1, 0.15) is 31.0 Å². The molecule has 2 aromatic rings. The first-order valence-electron chi connectivity index (χ1n) is 7.81. The topological polar surface area (TPSA) is 50.4 Å². The summed E-state index contributed by atoms with van der Waals surface area (Å²) in [6.07, 6.45) is 0. The number of hydrogen-bond donors (Lipinski definition) is 2. The molecule has 0 heterocycles. The Morgan fingerprint density at radius 3 is 2.48 bits per heavy atom. The zero-order chi connectivity index (χ0) is 18.4. The minimum atomic E-state index is -0.976. The SMILES string of the molecule is CCOc1ccc(CNC(=O)NC(C)c2ccc(F)c(F)c2)cc1F. The Morgan fingerprint density at radius 2 is 1.84 bits per heavy atom. The summed E-state index contributed by atoms with van der Waals surface area (Å²) >= 11 is 0. The number of nitrogens with one attached hydrogen (secondary N) is 2. The molecule has 0 saturated carbocycles. The maximum Gasteiger partial charge on any atom is 0.315 e. The van der Waals surface area contributed by atoms with Crippen LogP contribution in [0.5, 0.6) is 5.75 Å². The normalized spacial score (nSPS) is 11.7. The second kappa shape index (κ2) is 8.41. The number of halogens is 3. The molecule has 1 unspecified atom stereocenters. The highest BCUT2D eigenvalue weighted by atomic mass is 19.2. The molecule has 2 rings (SSSR count). The van der Waals surface area contributed by atoms with E-state index in [0.717, 1.165) is 12.1 Å². The molecule has 4 nitrogen and oxygen atoms in total. The largest absolute Gasteiger partial charge is 0.491 e. The van der Waals surface area contributed by atoms with Gasteiger partial charge in [-0.2, -0.15) is 0 Å². The van der Waals surface area contributed by atoms with Gasteiger partial charge in [0.15, 0.2) is 23.2 Å². The number of carbonyl (C=O) groups is 1. The number of benzene rings is 2. The summed E-state index contributed by atoms with van der Waals surface area (Å²) < 4.78 is 45.0. The van der Waals surface area contributed by atoms with Crippen molar-refractivity contribution in [3.63, 3.8) is 0 Å². The van der Waals surface area contributed by atoms with Crippen molar-refractivity contribution in [2.24, 2.45) is 0 Å². The van der Waals surface area contributed by atoms with Crippen LogP contribution in [0.25, 0.3) is 0 Å². The molecule has 134 valence electrons. The molecule has 2 amide bonds. The van der Waals surface area contributed by atoms with E-state index in [4.69, 9.17) is 4.74 Å². The van der Waals surface area contributed by atoms with Gasteiger partial charge in [-0.1, -0.05) is 12.1 Å². The number of urea groups is 1. The molecule has 0 saturated heterocycles. The number of rotatable bonds is 6. The molecule has 25 heavy (non-hydrogen) atoms. The maximum atomic E-state index is 13.7. The van der Waals surface area contributed by atoms with Crippen LogP contribution in [0.3, 0.4) is 0 Å².